The van der Waals surface area contributed by atoms with Gasteiger partial charge in [-0.05, 0) is 42.2 Å². The van der Waals surface area contributed by atoms with Crippen molar-refractivity contribution in [2.45, 2.75) is 10.9 Å². The molecule has 0 saturated carbocycles. The van der Waals surface area contributed by atoms with Crippen LogP contribution >= 0.6 is 46.3 Å². The average Bonchev–Trinajstić information content (AvgIpc) is 2.90. The van der Waals surface area contributed by atoms with Crippen molar-refractivity contribution in [1.82, 2.24) is 4.98 Å². The van der Waals surface area contributed by atoms with Crippen molar-refractivity contribution >= 4 is 62.2 Å². The van der Waals surface area contributed by atoms with E-state index in [0.717, 1.165) is 21.1 Å². The molecule has 0 spiro atoms. The van der Waals surface area contributed by atoms with Gasteiger partial charge in [0.1, 0.15) is 0 Å². The molecule has 0 aliphatic carbocycles. The average molecular weight is 355 g/mol. The van der Waals surface area contributed by atoms with E-state index in [9.17, 15) is 0 Å². The molecule has 2 nitrogen and oxygen atoms in total. The first-order chi connectivity index (χ1) is 10.2. The quantitative estimate of drug-likeness (QED) is 0.587. The highest BCUT2D eigenvalue weighted by Crippen LogP contribution is 2.30. The van der Waals surface area contributed by atoms with Gasteiger partial charge in [0.05, 0.1) is 20.3 Å². The fraction of sp³-hybridized carbons (Fsp3) is 0.133. The maximum atomic E-state index is 6.02. The molecular formula is C15H12Cl2N2S2. The van der Waals surface area contributed by atoms with Crippen molar-refractivity contribution in [2.75, 3.05) is 11.6 Å². The maximum Gasteiger partial charge on any atom is 0.150 e. The molecule has 1 aromatic heterocycles. The Kier molecular flexibility index (Phi) is 4.60. The molecule has 0 unspecified atom stereocenters. The Morgan fingerprint density at radius 2 is 2.00 bits per heavy atom. The summed E-state index contributed by atoms with van der Waals surface area (Å²) in [5, 5.41) is 4.56. The summed E-state index contributed by atoms with van der Waals surface area (Å²) in [5.74, 6) is 0. The second-order valence-electron chi connectivity index (χ2n) is 4.47. The molecule has 1 N–H and O–H groups in total. The zero-order valence-electron chi connectivity index (χ0n) is 11.2. The van der Waals surface area contributed by atoms with E-state index in [1.54, 1.807) is 23.1 Å². The highest BCUT2D eigenvalue weighted by Gasteiger charge is 2.04. The minimum Gasteiger partial charge on any atom is -0.381 e. The molecule has 0 amide bonds. The van der Waals surface area contributed by atoms with Crippen molar-refractivity contribution < 1.29 is 0 Å². The van der Waals surface area contributed by atoms with Crippen molar-refractivity contribution in [3.63, 3.8) is 0 Å². The van der Waals surface area contributed by atoms with Crippen LogP contribution in [0.4, 0.5) is 5.69 Å². The van der Waals surface area contributed by atoms with Crippen LogP contribution in [-0.4, -0.2) is 11.2 Å². The number of fused-ring (bicyclic) bond motifs is 1. The Bertz CT molecular complexity index is 786. The van der Waals surface area contributed by atoms with Gasteiger partial charge in [-0.1, -0.05) is 41.0 Å². The molecule has 0 fully saturated rings. The Morgan fingerprint density at radius 1 is 1.14 bits per heavy atom. The summed E-state index contributed by atoms with van der Waals surface area (Å²) in [5.41, 5.74) is 3.22. The smallest absolute Gasteiger partial charge is 0.150 e. The number of thioether (sulfide) groups is 1. The second-order valence-corrected chi connectivity index (χ2v) is 7.37. The molecule has 3 aromatic rings. The normalized spacial score (nSPS) is 11.0. The van der Waals surface area contributed by atoms with Crippen LogP contribution in [0.3, 0.4) is 0 Å². The van der Waals surface area contributed by atoms with Gasteiger partial charge in [-0.2, -0.15) is 0 Å². The Morgan fingerprint density at radius 3 is 2.76 bits per heavy atom. The number of benzene rings is 2. The number of rotatable bonds is 4. The van der Waals surface area contributed by atoms with Gasteiger partial charge in [0.25, 0.3) is 0 Å². The third kappa shape index (κ3) is 3.46. The monoisotopic (exact) mass is 354 g/mol. The molecule has 0 aliphatic rings. The molecule has 0 atom stereocenters. The lowest BCUT2D eigenvalue weighted by Crippen LogP contribution is -1.98. The molecule has 0 radical (unpaired) electrons. The van der Waals surface area contributed by atoms with Gasteiger partial charge < -0.3 is 5.32 Å². The summed E-state index contributed by atoms with van der Waals surface area (Å²) < 4.78 is 2.28. The fourth-order valence-corrected chi connectivity index (χ4v) is 3.80. The second kappa shape index (κ2) is 6.44. The first kappa shape index (κ1) is 15.0. The van der Waals surface area contributed by atoms with E-state index in [1.807, 2.05) is 36.6 Å². The molecule has 3 rings (SSSR count). The number of nitrogens with zero attached hydrogens (tertiary/aromatic N) is 1. The summed E-state index contributed by atoms with van der Waals surface area (Å²) in [6.07, 6.45) is 2.04. The van der Waals surface area contributed by atoms with E-state index >= 15 is 0 Å². The zero-order chi connectivity index (χ0) is 14.8. The van der Waals surface area contributed by atoms with Gasteiger partial charge >= 0.3 is 0 Å². The third-order valence-corrected chi connectivity index (χ3v) is 5.77. The largest absolute Gasteiger partial charge is 0.381 e. The minimum atomic E-state index is 0.580. The summed E-state index contributed by atoms with van der Waals surface area (Å²) in [7, 11) is 0. The first-order valence-electron chi connectivity index (χ1n) is 6.28. The third-order valence-electron chi connectivity index (χ3n) is 3.02. The Labute approximate surface area is 141 Å². The Balaban J connectivity index is 1.76. The maximum absolute atomic E-state index is 6.02. The van der Waals surface area contributed by atoms with Crippen molar-refractivity contribution in [2.24, 2.45) is 0 Å². The molecule has 1 heterocycles. The summed E-state index contributed by atoms with van der Waals surface area (Å²) >= 11 is 15.3. The number of halogens is 2. The van der Waals surface area contributed by atoms with E-state index < -0.39 is 0 Å². The van der Waals surface area contributed by atoms with Crippen LogP contribution in [0, 0.1) is 0 Å². The van der Waals surface area contributed by atoms with E-state index in [2.05, 4.69) is 16.4 Å². The van der Waals surface area contributed by atoms with Gasteiger partial charge in [0.2, 0.25) is 0 Å². The summed E-state index contributed by atoms with van der Waals surface area (Å²) in [4.78, 5) is 4.53. The Hall–Kier alpha value is -0.940. The molecule has 21 heavy (non-hydrogen) atoms. The van der Waals surface area contributed by atoms with Gasteiger partial charge in [-0.15, -0.1) is 11.3 Å². The number of anilines is 1. The van der Waals surface area contributed by atoms with Gasteiger partial charge in [-0.3, -0.25) is 0 Å². The van der Waals surface area contributed by atoms with Crippen LogP contribution in [-0.2, 0) is 6.54 Å². The molecule has 108 valence electrons. The van der Waals surface area contributed by atoms with Crippen molar-refractivity contribution in [3.8, 4) is 0 Å². The molecule has 6 heteroatoms. The minimum absolute atomic E-state index is 0.580. The van der Waals surface area contributed by atoms with Crippen LogP contribution in [0.1, 0.15) is 5.56 Å². The molecule has 0 bridgehead atoms. The van der Waals surface area contributed by atoms with Crippen LogP contribution < -0.4 is 5.32 Å². The lowest BCUT2D eigenvalue weighted by atomic mass is 10.2. The van der Waals surface area contributed by atoms with Crippen LogP contribution in [0.15, 0.2) is 40.7 Å². The zero-order valence-corrected chi connectivity index (χ0v) is 14.3. The topological polar surface area (TPSA) is 24.9 Å². The number of hydrogen-bond acceptors (Lipinski definition) is 4. The number of aromatic nitrogens is 1. The standard InChI is InChI=1S/C15H12Cl2N2S2/c1-20-15-19-13-5-3-10(7-14(13)21-15)18-8-9-2-4-11(16)12(17)6-9/h2-7,18H,8H2,1H3. The van der Waals surface area contributed by atoms with Crippen LogP contribution in [0.2, 0.25) is 10.0 Å². The molecule has 2 aromatic carbocycles. The van der Waals surface area contributed by atoms with Crippen LogP contribution in [0.5, 0.6) is 0 Å². The highest BCUT2D eigenvalue weighted by atomic mass is 35.5. The predicted octanol–water partition coefficient (Wildman–Crippen LogP) is 5.94. The van der Waals surface area contributed by atoms with Crippen molar-refractivity contribution in [1.29, 1.82) is 0 Å². The van der Waals surface area contributed by atoms with E-state index in [1.165, 1.54) is 4.70 Å². The lowest BCUT2D eigenvalue weighted by Gasteiger charge is -2.07. The predicted molar refractivity (Wildman–Crippen MR) is 95.2 cm³/mol. The lowest BCUT2D eigenvalue weighted by molar-refractivity contribution is 1.15. The van der Waals surface area contributed by atoms with Gasteiger partial charge in [0.15, 0.2) is 4.34 Å². The van der Waals surface area contributed by atoms with Gasteiger partial charge in [-0.25, -0.2) is 4.98 Å². The first-order valence-corrected chi connectivity index (χ1v) is 9.08. The molecule has 0 saturated heterocycles. The van der Waals surface area contributed by atoms with Gasteiger partial charge in [0, 0.05) is 12.2 Å². The fourth-order valence-electron chi connectivity index (χ4n) is 1.95. The molecule has 0 aliphatic heterocycles. The number of thiazole rings is 1. The highest BCUT2D eigenvalue weighted by molar-refractivity contribution is 8.00. The summed E-state index contributed by atoms with van der Waals surface area (Å²) in [6.45, 7) is 0.705. The van der Waals surface area contributed by atoms with E-state index in [4.69, 9.17) is 23.2 Å². The van der Waals surface area contributed by atoms with Crippen LogP contribution in [0.25, 0.3) is 10.2 Å². The van der Waals surface area contributed by atoms with Crippen molar-refractivity contribution in [3.05, 3.63) is 52.0 Å². The SMILES string of the molecule is CSc1nc2ccc(NCc3ccc(Cl)c(Cl)c3)cc2s1. The van der Waals surface area contributed by atoms with E-state index in [0.29, 0.717) is 16.6 Å². The number of nitrogens with one attached hydrogen (secondary N) is 1. The molecular weight excluding hydrogens is 343 g/mol. The van der Waals surface area contributed by atoms with E-state index in [-0.39, 0.29) is 0 Å². The number of hydrogen-bond donors (Lipinski definition) is 1. The summed E-state index contributed by atoms with van der Waals surface area (Å²) in [6, 6.07) is 11.9.